The van der Waals surface area contributed by atoms with Gasteiger partial charge >= 0.3 is 6.18 Å². The predicted octanol–water partition coefficient (Wildman–Crippen LogP) is 1.35. The van der Waals surface area contributed by atoms with Crippen LogP contribution in [-0.2, 0) is 0 Å². The fourth-order valence-corrected chi connectivity index (χ4v) is 3.72. The molecule has 0 unspecified atom stereocenters. The summed E-state index contributed by atoms with van der Waals surface area (Å²) in [7, 11) is 0. The molecule has 1 aromatic heterocycles. The highest BCUT2D eigenvalue weighted by atomic mass is 19.4. The lowest BCUT2D eigenvalue weighted by molar-refractivity contribution is -0.148. The van der Waals surface area contributed by atoms with Gasteiger partial charge in [-0.05, 0) is 38.8 Å². The first-order valence-electron chi connectivity index (χ1n) is 8.74. The molecular formula is C16H24F3N5O. The molecule has 0 aliphatic carbocycles. The lowest BCUT2D eigenvalue weighted by Gasteiger charge is -2.38. The number of nitrogens with zero attached hydrogens (tertiary/aromatic N) is 3. The van der Waals surface area contributed by atoms with Crippen LogP contribution in [-0.4, -0.2) is 65.9 Å². The SMILES string of the molecule is O=c1[nH]ccnc1N1CCC[C@@H](NC2CCN(CC(F)(F)F)CC2)C1. The Morgan fingerprint density at radius 2 is 1.96 bits per heavy atom. The summed E-state index contributed by atoms with van der Waals surface area (Å²) in [4.78, 5) is 22.2. The second kappa shape index (κ2) is 7.74. The van der Waals surface area contributed by atoms with E-state index in [1.807, 2.05) is 4.90 Å². The standard InChI is InChI=1S/C16H24F3N5O/c17-16(18,19)11-23-8-3-12(4-9-23)22-13-2-1-7-24(10-13)14-15(25)21-6-5-20-14/h5-6,12-13,22H,1-4,7-11H2,(H,21,25)/t13-/m1/s1. The molecule has 140 valence electrons. The molecule has 2 saturated heterocycles. The minimum atomic E-state index is -4.13. The lowest BCUT2D eigenvalue weighted by atomic mass is 10.00. The van der Waals surface area contributed by atoms with Gasteiger partial charge in [0.2, 0.25) is 0 Å². The Bertz CT molecular complexity index is 612. The van der Waals surface area contributed by atoms with Crippen molar-refractivity contribution in [2.24, 2.45) is 0 Å². The van der Waals surface area contributed by atoms with E-state index in [4.69, 9.17) is 0 Å². The van der Waals surface area contributed by atoms with Gasteiger partial charge in [-0.25, -0.2) is 4.98 Å². The number of aromatic amines is 1. The van der Waals surface area contributed by atoms with Gasteiger partial charge in [0, 0.05) is 37.6 Å². The van der Waals surface area contributed by atoms with Crippen molar-refractivity contribution in [1.82, 2.24) is 20.2 Å². The number of alkyl halides is 3. The Morgan fingerprint density at radius 1 is 1.20 bits per heavy atom. The average Bonchev–Trinajstić information content (AvgIpc) is 2.56. The smallest absolute Gasteiger partial charge is 0.350 e. The second-order valence-electron chi connectivity index (χ2n) is 6.86. The molecule has 3 heterocycles. The second-order valence-corrected chi connectivity index (χ2v) is 6.86. The molecule has 2 aliphatic rings. The summed E-state index contributed by atoms with van der Waals surface area (Å²) in [5, 5.41) is 3.57. The lowest BCUT2D eigenvalue weighted by Crippen LogP contribution is -2.53. The third-order valence-electron chi connectivity index (χ3n) is 4.87. The first kappa shape index (κ1) is 18.2. The van der Waals surface area contributed by atoms with Crippen LogP contribution in [0.1, 0.15) is 25.7 Å². The summed E-state index contributed by atoms with van der Waals surface area (Å²) < 4.78 is 37.4. The molecule has 0 aromatic carbocycles. The molecule has 0 spiro atoms. The number of aromatic nitrogens is 2. The molecule has 6 nitrogen and oxygen atoms in total. The van der Waals surface area contributed by atoms with Crippen molar-refractivity contribution in [1.29, 1.82) is 0 Å². The maximum absolute atomic E-state index is 12.5. The topological polar surface area (TPSA) is 64.3 Å². The zero-order chi connectivity index (χ0) is 17.9. The first-order chi connectivity index (χ1) is 11.9. The Labute approximate surface area is 144 Å². The van der Waals surface area contributed by atoms with E-state index in [9.17, 15) is 18.0 Å². The van der Waals surface area contributed by atoms with Crippen molar-refractivity contribution in [2.75, 3.05) is 37.6 Å². The molecule has 0 amide bonds. The van der Waals surface area contributed by atoms with E-state index in [2.05, 4.69) is 15.3 Å². The molecular weight excluding hydrogens is 335 g/mol. The van der Waals surface area contributed by atoms with Gasteiger partial charge in [0.05, 0.1) is 6.54 Å². The van der Waals surface area contributed by atoms with E-state index >= 15 is 0 Å². The van der Waals surface area contributed by atoms with Crippen molar-refractivity contribution in [3.8, 4) is 0 Å². The number of likely N-dealkylation sites (tertiary alicyclic amines) is 1. The van der Waals surface area contributed by atoms with Crippen LogP contribution in [0, 0.1) is 0 Å². The first-order valence-corrected chi connectivity index (χ1v) is 8.74. The van der Waals surface area contributed by atoms with Crippen LogP contribution < -0.4 is 15.8 Å². The van der Waals surface area contributed by atoms with E-state index in [0.717, 1.165) is 32.2 Å². The highest BCUT2D eigenvalue weighted by Crippen LogP contribution is 2.21. The molecule has 1 aromatic rings. The van der Waals surface area contributed by atoms with Crippen molar-refractivity contribution in [3.63, 3.8) is 0 Å². The normalized spacial score (nSPS) is 23.8. The summed E-state index contributed by atoms with van der Waals surface area (Å²) in [6.45, 7) is 1.60. The number of hydrogen-bond donors (Lipinski definition) is 2. The number of rotatable bonds is 4. The monoisotopic (exact) mass is 359 g/mol. The van der Waals surface area contributed by atoms with Gasteiger partial charge in [-0.3, -0.25) is 9.69 Å². The van der Waals surface area contributed by atoms with Crippen LogP contribution in [0.15, 0.2) is 17.2 Å². The number of piperidine rings is 2. The molecule has 2 fully saturated rings. The summed E-state index contributed by atoms with van der Waals surface area (Å²) in [6.07, 6.45) is 2.36. The highest BCUT2D eigenvalue weighted by molar-refractivity contribution is 5.36. The van der Waals surface area contributed by atoms with Gasteiger partial charge in [-0.2, -0.15) is 13.2 Å². The average molecular weight is 359 g/mol. The fraction of sp³-hybridized carbons (Fsp3) is 0.750. The Balaban J connectivity index is 1.49. The number of nitrogens with one attached hydrogen (secondary N) is 2. The number of anilines is 1. The highest BCUT2D eigenvalue weighted by Gasteiger charge is 2.33. The van der Waals surface area contributed by atoms with Crippen LogP contribution in [0.25, 0.3) is 0 Å². The van der Waals surface area contributed by atoms with Crippen LogP contribution in [0.2, 0.25) is 0 Å². The molecule has 0 saturated carbocycles. The number of H-pyrrole nitrogens is 1. The number of halogens is 3. The van der Waals surface area contributed by atoms with E-state index in [1.165, 1.54) is 11.1 Å². The summed E-state index contributed by atoms with van der Waals surface area (Å²) in [5.41, 5.74) is -0.191. The quantitative estimate of drug-likeness (QED) is 0.850. The van der Waals surface area contributed by atoms with E-state index in [1.54, 1.807) is 6.20 Å². The van der Waals surface area contributed by atoms with Gasteiger partial charge in [-0.1, -0.05) is 0 Å². The summed E-state index contributed by atoms with van der Waals surface area (Å²) >= 11 is 0. The molecule has 1 atom stereocenters. The zero-order valence-corrected chi connectivity index (χ0v) is 14.1. The Kier molecular flexibility index (Phi) is 5.63. The minimum absolute atomic E-state index is 0.191. The zero-order valence-electron chi connectivity index (χ0n) is 14.1. The molecule has 25 heavy (non-hydrogen) atoms. The van der Waals surface area contributed by atoms with Gasteiger partial charge < -0.3 is 15.2 Å². The van der Waals surface area contributed by atoms with Crippen LogP contribution in [0.5, 0.6) is 0 Å². The Hall–Kier alpha value is -1.61. The van der Waals surface area contributed by atoms with Crippen LogP contribution in [0.4, 0.5) is 19.0 Å². The van der Waals surface area contributed by atoms with Gasteiger partial charge in [0.15, 0.2) is 5.82 Å². The van der Waals surface area contributed by atoms with Gasteiger partial charge in [-0.15, -0.1) is 0 Å². The molecule has 2 N–H and O–H groups in total. The molecule has 0 radical (unpaired) electrons. The number of hydrogen-bond acceptors (Lipinski definition) is 5. The molecule has 0 bridgehead atoms. The van der Waals surface area contributed by atoms with Crippen molar-refractivity contribution >= 4 is 5.82 Å². The van der Waals surface area contributed by atoms with Crippen molar-refractivity contribution < 1.29 is 13.2 Å². The minimum Gasteiger partial charge on any atom is -0.350 e. The van der Waals surface area contributed by atoms with E-state index in [0.29, 0.717) is 25.5 Å². The van der Waals surface area contributed by atoms with E-state index < -0.39 is 12.7 Å². The van der Waals surface area contributed by atoms with E-state index in [-0.39, 0.29) is 17.6 Å². The maximum atomic E-state index is 12.5. The van der Waals surface area contributed by atoms with Crippen LogP contribution in [0.3, 0.4) is 0 Å². The fourth-order valence-electron chi connectivity index (χ4n) is 3.72. The molecule has 2 aliphatic heterocycles. The van der Waals surface area contributed by atoms with Crippen LogP contribution >= 0.6 is 0 Å². The third kappa shape index (κ3) is 5.18. The largest absolute Gasteiger partial charge is 0.401 e. The van der Waals surface area contributed by atoms with Gasteiger partial charge in [0.25, 0.3) is 5.56 Å². The van der Waals surface area contributed by atoms with Gasteiger partial charge in [0.1, 0.15) is 0 Å². The summed E-state index contributed by atoms with van der Waals surface area (Å²) in [5.74, 6) is 0.439. The molecule has 3 rings (SSSR count). The summed E-state index contributed by atoms with van der Waals surface area (Å²) in [6, 6.07) is 0.464. The maximum Gasteiger partial charge on any atom is 0.401 e. The third-order valence-corrected chi connectivity index (χ3v) is 4.87. The van der Waals surface area contributed by atoms with Crippen molar-refractivity contribution in [2.45, 2.75) is 43.9 Å². The molecule has 9 heteroatoms. The predicted molar refractivity (Wildman–Crippen MR) is 88.7 cm³/mol. The van der Waals surface area contributed by atoms with Crippen molar-refractivity contribution in [3.05, 3.63) is 22.7 Å². The Morgan fingerprint density at radius 3 is 2.64 bits per heavy atom.